The monoisotopic (exact) mass is 383 g/mol. The Kier molecular flexibility index (Phi) is 5.35. The Morgan fingerprint density at radius 3 is 2.86 bits per heavy atom. The van der Waals surface area contributed by atoms with Crippen molar-refractivity contribution in [1.82, 2.24) is 4.98 Å². The molecule has 0 aliphatic rings. The van der Waals surface area contributed by atoms with Gasteiger partial charge < -0.3 is 15.8 Å². The minimum atomic E-state index is -0.689. The van der Waals surface area contributed by atoms with Crippen molar-refractivity contribution in [3.8, 4) is 0 Å². The lowest BCUT2D eigenvalue weighted by atomic mass is 10.2. The second kappa shape index (κ2) is 7.24. The van der Waals surface area contributed by atoms with Crippen molar-refractivity contribution < 1.29 is 14.3 Å². The lowest BCUT2D eigenvalue weighted by Gasteiger charge is -2.08. The van der Waals surface area contributed by atoms with Gasteiger partial charge in [0, 0.05) is 16.4 Å². The summed E-state index contributed by atoms with van der Waals surface area (Å²) in [5.74, 6) is -1.22. The van der Waals surface area contributed by atoms with E-state index >= 15 is 0 Å². The SMILES string of the molecule is Nc1ccc(Br)cc1C(=O)OCC(=O)Nc1cccnc1Cl. The van der Waals surface area contributed by atoms with Gasteiger partial charge in [-0.1, -0.05) is 27.5 Å². The maximum absolute atomic E-state index is 11.9. The zero-order chi connectivity index (χ0) is 16.1. The number of carbonyl (C=O) groups is 2. The van der Waals surface area contributed by atoms with E-state index in [0.717, 1.165) is 0 Å². The third-order valence-corrected chi connectivity index (χ3v) is 3.40. The van der Waals surface area contributed by atoms with Gasteiger partial charge in [0.2, 0.25) is 0 Å². The summed E-state index contributed by atoms with van der Waals surface area (Å²) >= 11 is 9.04. The van der Waals surface area contributed by atoms with E-state index in [1.54, 1.807) is 24.3 Å². The molecular formula is C14H11BrClN3O3. The number of pyridine rings is 1. The largest absolute Gasteiger partial charge is 0.452 e. The fourth-order valence-electron chi connectivity index (χ4n) is 1.58. The number of esters is 1. The number of halogens is 2. The maximum atomic E-state index is 11.9. The van der Waals surface area contributed by atoms with Crippen molar-refractivity contribution in [2.45, 2.75) is 0 Å². The molecular weight excluding hydrogens is 374 g/mol. The minimum absolute atomic E-state index is 0.151. The molecule has 0 radical (unpaired) electrons. The highest BCUT2D eigenvalue weighted by atomic mass is 79.9. The van der Waals surface area contributed by atoms with Gasteiger partial charge in [0.05, 0.1) is 11.3 Å². The molecule has 0 aliphatic heterocycles. The lowest BCUT2D eigenvalue weighted by molar-refractivity contribution is -0.119. The molecule has 1 heterocycles. The number of carbonyl (C=O) groups excluding carboxylic acids is 2. The van der Waals surface area contributed by atoms with Crippen LogP contribution in [-0.4, -0.2) is 23.5 Å². The zero-order valence-electron chi connectivity index (χ0n) is 11.2. The molecule has 114 valence electrons. The number of rotatable bonds is 4. The molecule has 6 nitrogen and oxygen atoms in total. The van der Waals surface area contributed by atoms with Crippen LogP contribution < -0.4 is 11.1 Å². The van der Waals surface area contributed by atoms with Gasteiger partial charge in [0.1, 0.15) is 0 Å². The van der Waals surface area contributed by atoms with Crippen LogP contribution in [0.4, 0.5) is 11.4 Å². The summed E-state index contributed by atoms with van der Waals surface area (Å²) in [6.07, 6.45) is 1.49. The Labute approximate surface area is 139 Å². The first kappa shape index (κ1) is 16.3. The third kappa shape index (κ3) is 4.19. The number of benzene rings is 1. The molecule has 2 rings (SSSR count). The quantitative estimate of drug-likeness (QED) is 0.480. The second-order valence-corrected chi connectivity index (χ2v) is 5.47. The summed E-state index contributed by atoms with van der Waals surface area (Å²) in [6.45, 7) is -0.462. The molecule has 0 fully saturated rings. The van der Waals surface area contributed by atoms with Gasteiger partial charge in [-0.15, -0.1) is 0 Å². The molecule has 22 heavy (non-hydrogen) atoms. The van der Waals surface area contributed by atoms with Crippen molar-refractivity contribution in [2.75, 3.05) is 17.7 Å². The van der Waals surface area contributed by atoms with Crippen LogP contribution in [0.5, 0.6) is 0 Å². The van der Waals surface area contributed by atoms with E-state index in [2.05, 4.69) is 26.2 Å². The summed E-state index contributed by atoms with van der Waals surface area (Å²) in [5, 5.41) is 2.64. The van der Waals surface area contributed by atoms with Crippen LogP contribution in [0.3, 0.4) is 0 Å². The fraction of sp³-hybridized carbons (Fsp3) is 0.0714. The smallest absolute Gasteiger partial charge is 0.340 e. The highest BCUT2D eigenvalue weighted by Gasteiger charge is 2.14. The van der Waals surface area contributed by atoms with Gasteiger partial charge in [-0.05, 0) is 30.3 Å². The normalized spacial score (nSPS) is 10.1. The van der Waals surface area contributed by atoms with Gasteiger partial charge in [-0.3, -0.25) is 4.79 Å². The molecule has 1 aromatic carbocycles. The van der Waals surface area contributed by atoms with Crippen molar-refractivity contribution in [2.24, 2.45) is 0 Å². The van der Waals surface area contributed by atoms with E-state index in [-0.39, 0.29) is 16.4 Å². The van der Waals surface area contributed by atoms with Gasteiger partial charge in [0.15, 0.2) is 11.8 Å². The molecule has 0 spiro atoms. The average molecular weight is 385 g/mol. The first-order valence-corrected chi connectivity index (χ1v) is 7.27. The molecule has 0 atom stereocenters. The Bertz CT molecular complexity index is 724. The van der Waals surface area contributed by atoms with Crippen LogP contribution in [0.25, 0.3) is 0 Å². The number of nitrogens with two attached hydrogens (primary N) is 1. The summed E-state index contributed by atoms with van der Waals surface area (Å²) in [4.78, 5) is 27.5. The standard InChI is InChI=1S/C14H11BrClN3O3/c15-8-3-4-10(17)9(6-8)14(21)22-7-12(20)19-11-2-1-5-18-13(11)16/h1-6H,7,17H2,(H,19,20). The Hall–Kier alpha value is -2.12. The van der Waals surface area contributed by atoms with Crippen LogP contribution in [0, 0.1) is 0 Å². The van der Waals surface area contributed by atoms with Gasteiger partial charge in [0.25, 0.3) is 5.91 Å². The minimum Gasteiger partial charge on any atom is -0.452 e. The van der Waals surface area contributed by atoms with Crippen molar-refractivity contribution >= 4 is 50.8 Å². The maximum Gasteiger partial charge on any atom is 0.340 e. The number of hydrogen-bond donors (Lipinski definition) is 2. The molecule has 0 bridgehead atoms. The van der Waals surface area contributed by atoms with Gasteiger partial charge in [-0.25, -0.2) is 9.78 Å². The molecule has 0 unspecified atom stereocenters. The van der Waals surface area contributed by atoms with Crippen molar-refractivity contribution in [1.29, 1.82) is 0 Å². The van der Waals surface area contributed by atoms with Crippen LogP contribution in [0.2, 0.25) is 5.15 Å². The van der Waals surface area contributed by atoms with Gasteiger partial charge >= 0.3 is 5.97 Å². The first-order valence-electron chi connectivity index (χ1n) is 6.10. The number of ether oxygens (including phenoxy) is 1. The van der Waals surface area contributed by atoms with Crippen molar-refractivity contribution in [3.05, 3.63) is 51.7 Å². The van der Waals surface area contributed by atoms with E-state index in [9.17, 15) is 9.59 Å². The molecule has 1 amide bonds. The zero-order valence-corrected chi connectivity index (χ0v) is 13.5. The molecule has 2 aromatic rings. The molecule has 0 aliphatic carbocycles. The summed E-state index contributed by atoms with van der Waals surface area (Å²) in [7, 11) is 0. The Morgan fingerprint density at radius 2 is 2.14 bits per heavy atom. The number of aromatic nitrogens is 1. The highest BCUT2D eigenvalue weighted by molar-refractivity contribution is 9.10. The molecule has 0 saturated carbocycles. The fourth-order valence-corrected chi connectivity index (χ4v) is 2.11. The van der Waals surface area contributed by atoms with Crippen LogP contribution in [-0.2, 0) is 9.53 Å². The second-order valence-electron chi connectivity index (χ2n) is 4.20. The lowest BCUT2D eigenvalue weighted by Crippen LogP contribution is -2.21. The highest BCUT2D eigenvalue weighted by Crippen LogP contribution is 2.20. The predicted molar refractivity (Wildman–Crippen MR) is 86.7 cm³/mol. The van der Waals surface area contributed by atoms with Gasteiger partial charge in [-0.2, -0.15) is 0 Å². The molecule has 3 N–H and O–H groups in total. The summed E-state index contributed by atoms with van der Waals surface area (Å²) < 4.78 is 5.60. The van der Waals surface area contributed by atoms with E-state index < -0.39 is 18.5 Å². The number of anilines is 2. The summed E-state index contributed by atoms with van der Waals surface area (Å²) in [5.41, 5.74) is 6.48. The number of amides is 1. The van der Waals surface area contributed by atoms with E-state index in [4.69, 9.17) is 22.1 Å². The van der Waals surface area contributed by atoms with Crippen molar-refractivity contribution in [3.63, 3.8) is 0 Å². The first-order chi connectivity index (χ1) is 10.5. The predicted octanol–water partition coefficient (Wildman–Crippen LogP) is 2.88. The number of nitrogens with one attached hydrogen (secondary N) is 1. The number of hydrogen-bond acceptors (Lipinski definition) is 5. The van der Waals surface area contributed by atoms with E-state index in [0.29, 0.717) is 10.2 Å². The third-order valence-electron chi connectivity index (χ3n) is 2.60. The number of nitrogen functional groups attached to an aromatic ring is 1. The topological polar surface area (TPSA) is 94.3 Å². The van der Waals surface area contributed by atoms with Crippen LogP contribution in [0.1, 0.15) is 10.4 Å². The average Bonchev–Trinajstić information content (AvgIpc) is 2.49. The van der Waals surface area contributed by atoms with E-state index in [1.807, 2.05) is 0 Å². The molecule has 1 aromatic heterocycles. The van der Waals surface area contributed by atoms with Crippen LogP contribution >= 0.6 is 27.5 Å². The molecule has 8 heteroatoms. The van der Waals surface area contributed by atoms with Crippen LogP contribution in [0.15, 0.2) is 41.0 Å². The number of nitrogens with zero attached hydrogens (tertiary/aromatic N) is 1. The Morgan fingerprint density at radius 1 is 1.36 bits per heavy atom. The summed E-state index contributed by atoms with van der Waals surface area (Å²) in [6, 6.07) is 7.99. The van der Waals surface area contributed by atoms with E-state index in [1.165, 1.54) is 12.3 Å². The molecule has 0 saturated heterocycles. The Balaban J connectivity index is 1.95.